The molecule has 2 aliphatic heterocycles. The largest absolute Gasteiger partial charge is 0.467 e. The zero-order valence-corrected chi connectivity index (χ0v) is 29.9. The molecule has 2 unspecified atom stereocenters. The molecule has 2 aliphatic rings. The minimum Gasteiger partial charge on any atom is -0.467 e. The van der Waals surface area contributed by atoms with E-state index in [2.05, 4.69) is 29.8 Å². The molecule has 11 nitrogen and oxygen atoms in total. The highest BCUT2D eigenvalue weighted by molar-refractivity contribution is 6.76. The molecular weight excluding hydrogens is 642 g/mol. The summed E-state index contributed by atoms with van der Waals surface area (Å²) in [6.07, 6.45) is -4.75. The molecule has 1 N–H and O–H groups in total. The highest BCUT2D eigenvalue weighted by Crippen LogP contribution is 2.45. The number of aliphatic hydroxyl groups is 1. The maximum absolute atomic E-state index is 14.6. The molecule has 0 saturated carbocycles. The van der Waals surface area contributed by atoms with E-state index in [0.29, 0.717) is 53.2 Å². The number of piperidine rings is 1. The van der Waals surface area contributed by atoms with Gasteiger partial charge in [-0.3, -0.25) is 4.90 Å². The van der Waals surface area contributed by atoms with Crippen LogP contribution in [0.15, 0.2) is 30.3 Å². The summed E-state index contributed by atoms with van der Waals surface area (Å²) in [4.78, 5) is 15.1. The fourth-order valence-electron chi connectivity index (χ4n) is 6.53. The third kappa shape index (κ3) is 8.16. The van der Waals surface area contributed by atoms with Gasteiger partial charge >= 0.3 is 6.09 Å². The van der Waals surface area contributed by atoms with Gasteiger partial charge in [-0.05, 0) is 57.9 Å². The van der Waals surface area contributed by atoms with Crippen LogP contribution in [0.1, 0.15) is 56.9 Å². The molecule has 0 spiro atoms. The lowest BCUT2D eigenvalue weighted by Gasteiger charge is -2.48. The summed E-state index contributed by atoms with van der Waals surface area (Å²) in [5, 5.41) is 20.6. The molecule has 2 saturated heterocycles. The van der Waals surface area contributed by atoms with E-state index < -0.39 is 32.3 Å². The third-order valence-electron chi connectivity index (χ3n) is 8.64. The number of alkyl halides is 2. The van der Waals surface area contributed by atoms with Crippen molar-refractivity contribution in [2.45, 2.75) is 102 Å². The van der Waals surface area contributed by atoms with Gasteiger partial charge in [0.15, 0.2) is 12.4 Å². The zero-order valence-electron chi connectivity index (χ0n) is 28.9. The Bertz CT molecular complexity index is 1560. The Kier molecular flexibility index (Phi) is 11.1. The average Bonchev–Trinajstić information content (AvgIpc) is 3.33. The first-order valence-corrected chi connectivity index (χ1v) is 20.1. The lowest BCUT2D eigenvalue weighted by molar-refractivity contribution is -0.0835. The highest BCUT2D eigenvalue weighted by Gasteiger charge is 2.46. The summed E-state index contributed by atoms with van der Waals surface area (Å²) in [6, 6.07) is 9.09. The number of amides is 1. The molecule has 14 heteroatoms. The van der Waals surface area contributed by atoms with Crippen LogP contribution in [0.4, 0.5) is 13.6 Å². The molecule has 4 heterocycles. The number of carbonyl (C=O) groups is 1. The summed E-state index contributed by atoms with van der Waals surface area (Å²) in [7, 11) is 0.0953. The van der Waals surface area contributed by atoms with Crippen LogP contribution in [0.5, 0.6) is 5.75 Å². The molecular formula is C34H48F2N4O7Si. The lowest BCUT2D eigenvalue weighted by Crippen LogP contribution is -2.59. The van der Waals surface area contributed by atoms with Gasteiger partial charge < -0.3 is 33.4 Å². The van der Waals surface area contributed by atoms with Crippen molar-refractivity contribution in [3.05, 3.63) is 41.6 Å². The van der Waals surface area contributed by atoms with Crippen molar-refractivity contribution in [3.63, 3.8) is 0 Å². The number of fused-ring (bicyclic) bond motifs is 3. The van der Waals surface area contributed by atoms with Crippen LogP contribution in [-0.2, 0) is 25.7 Å². The first kappa shape index (κ1) is 36.1. The smallest absolute Gasteiger partial charge is 0.410 e. The van der Waals surface area contributed by atoms with Crippen molar-refractivity contribution in [2.24, 2.45) is 0 Å². The number of hydrogen-bond acceptors (Lipinski definition) is 9. The molecule has 2 aromatic heterocycles. The Morgan fingerprint density at radius 1 is 1.12 bits per heavy atom. The number of aliphatic hydroxyl groups excluding tert-OH is 1. The monoisotopic (exact) mass is 690 g/mol. The molecule has 0 aliphatic carbocycles. The van der Waals surface area contributed by atoms with Gasteiger partial charge in [0.25, 0.3) is 6.43 Å². The molecule has 48 heavy (non-hydrogen) atoms. The molecule has 2 bridgehead atoms. The number of benzene rings is 1. The van der Waals surface area contributed by atoms with Gasteiger partial charge in [-0.25, -0.2) is 13.6 Å². The number of methoxy groups -OCH3 is 1. The Morgan fingerprint density at radius 2 is 1.81 bits per heavy atom. The summed E-state index contributed by atoms with van der Waals surface area (Å²) in [5.41, 5.74) is 1.25. The van der Waals surface area contributed by atoms with Crippen LogP contribution < -0.4 is 4.74 Å². The maximum atomic E-state index is 14.6. The van der Waals surface area contributed by atoms with Crippen molar-refractivity contribution in [1.82, 2.24) is 19.7 Å². The molecule has 1 aromatic carbocycles. The summed E-state index contributed by atoms with van der Waals surface area (Å²) in [6.45, 7) is 13.3. The first-order chi connectivity index (χ1) is 22.7. The van der Waals surface area contributed by atoms with Gasteiger partial charge in [-0.15, -0.1) is 10.2 Å². The fraction of sp³-hybridized carbons (Fsp3) is 0.618. The number of aromatic nitrogens is 3. The molecule has 2 fully saturated rings. The van der Waals surface area contributed by atoms with Gasteiger partial charge in [0, 0.05) is 49.9 Å². The zero-order chi connectivity index (χ0) is 34.8. The van der Waals surface area contributed by atoms with Gasteiger partial charge in [0.1, 0.15) is 24.2 Å². The van der Waals surface area contributed by atoms with Gasteiger partial charge in [-0.1, -0.05) is 31.8 Å². The van der Waals surface area contributed by atoms with Gasteiger partial charge in [0.2, 0.25) is 0 Å². The van der Waals surface area contributed by atoms with E-state index in [9.17, 15) is 18.7 Å². The second-order valence-corrected chi connectivity index (χ2v) is 20.4. The van der Waals surface area contributed by atoms with E-state index in [1.54, 1.807) is 27.7 Å². The van der Waals surface area contributed by atoms with E-state index in [0.717, 1.165) is 6.04 Å². The SMILES string of the molecule is COCOc1ccccc1-c1cc2c(C(O)C(F)F)c(C3C[C@H]4COC[C@@H](C3)N4C(=O)OC(C)(C)C)n(COCC[Si](C)(C)C)c2nn1. The van der Waals surface area contributed by atoms with Crippen molar-refractivity contribution in [1.29, 1.82) is 0 Å². The fourth-order valence-corrected chi connectivity index (χ4v) is 7.29. The van der Waals surface area contributed by atoms with E-state index in [1.165, 1.54) is 7.11 Å². The van der Waals surface area contributed by atoms with Crippen molar-refractivity contribution >= 4 is 25.2 Å². The van der Waals surface area contributed by atoms with E-state index in [1.807, 2.05) is 32.9 Å². The number of carbonyl (C=O) groups excluding carboxylic acids is 1. The van der Waals surface area contributed by atoms with E-state index in [-0.39, 0.29) is 50.3 Å². The second-order valence-electron chi connectivity index (χ2n) is 14.8. The van der Waals surface area contributed by atoms with E-state index in [4.69, 9.17) is 23.7 Å². The van der Waals surface area contributed by atoms with E-state index >= 15 is 0 Å². The van der Waals surface area contributed by atoms with Crippen LogP contribution in [0, 0.1) is 0 Å². The van der Waals surface area contributed by atoms with Crippen LogP contribution in [0.2, 0.25) is 25.7 Å². The molecule has 4 atom stereocenters. The lowest BCUT2D eigenvalue weighted by atomic mass is 9.81. The Balaban J connectivity index is 1.62. The molecule has 1 amide bonds. The molecule has 5 rings (SSSR count). The number of halogens is 2. The maximum Gasteiger partial charge on any atom is 0.410 e. The Morgan fingerprint density at radius 3 is 2.44 bits per heavy atom. The molecule has 0 radical (unpaired) electrons. The van der Waals surface area contributed by atoms with Crippen LogP contribution in [-0.4, -0.2) is 96.8 Å². The van der Waals surface area contributed by atoms with Crippen LogP contribution >= 0.6 is 0 Å². The van der Waals surface area contributed by atoms with Gasteiger partial charge in [0.05, 0.1) is 31.0 Å². The number of para-hydroxylation sites is 1. The normalized spacial score (nSPS) is 20.7. The average molecular weight is 691 g/mol. The van der Waals surface area contributed by atoms with Crippen molar-refractivity contribution < 1.29 is 42.4 Å². The standard InChI is InChI=1S/C34H48F2N4O7Si/c1-34(2,3)47-33(42)40-22-14-21(15-23(40)18-45-17-22)29-28(30(41)31(35)36)25-16-26(24-10-8-9-11-27(24)46-20-43-4)37-38-32(25)39(29)19-44-12-13-48(5,6)7/h8-11,16,21-23,30-31,41H,12-15,17-20H2,1-7H3/t21?,22-,23+,30?. The number of morpholine rings is 1. The summed E-state index contributed by atoms with van der Waals surface area (Å²) >= 11 is 0. The predicted molar refractivity (Wildman–Crippen MR) is 179 cm³/mol. The topological polar surface area (TPSA) is 117 Å². The predicted octanol–water partition coefficient (Wildman–Crippen LogP) is 6.57. The first-order valence-electron chi connectivity index (χ1n) is 16.4. The van der Waals surface area contributed by atoms with Crippen molar-refractivity contribution in [3.8, 4) is 17.0 Å². The minimum atomic E-state index is -3.06. The Labute approximate surface area is 281 Å². The molecule has 3 aromatic rings. The summed E-state index contributed by atoms with van der Waals surface area (Å²) in [5.74, 6) is 0.169. The van der Waals surface area contributed by atoms with Crippen molar-refractivity contribution in [2.75, 3.05) is 33.7 Å². The number of rotatable bonds is 12. The van der Waals surface area contributed by atoms with Gasteiger partial charge in [-0.2, -0.15) is 0 Å². The quantitative estimate of drug-likeness (QED) is 0.128. The minimum absolute atomic E-state index is 0.00532. The highest BCUT2D eigenvalue weighted by atomic mass is 28.3. The van der Waals surface area contributed by atoms with Crippen LogP contribution in [0.3, 0.4) is 0 Å². The third-order valence-corrected chi connectivity index (χ3v) is 10.3. The molecule has 264 valence electrons. The number of nitrogens with zero attached hydrogens (tertiary/aromatic N) is 4. The summed E-state index contributed by atoms with van der Waals surface area (Å²) < 4.78 is 59.6. The second kappa shape index (κ2) is 14.7. The number of ether oxygens (including phenoxy) is 5. The Hall–Kier alpha value is -3.17. The van der Waals surface area contributed by atoms with Crippen LogP contribution in [0.25, 0.3) is 22.3 Å². The number of hydrogen-bond donors (Lipinski definition) is 1.